The molecule has 6 heteroatoms. The van der Waals surface area contributed by atoms with E-state index >= 15 is 0 Å². The van der Waals surface area contributed by atoms with E-state index in [0.717, 1.165) is 16.3 Å². The zero-order valence-electron chi connectivity index (χ0n) is 12.6. The van der Waals surface area contributed by atoms with Crippen molar-refractivity contribution in [1.82, 2.24) is 4.98 Å². The van der Waals surface area contributed by atoms with Gasteiger partial charge < -0.3 is 14.0 Å². The molecule has 110 valence electrons. The van der Waals surface area contributed by atoms with E-state index in [1.165, 1.54) is 11.3 Å². The maximum atomic E-state index is 6.02. The van der Waals surface area contributed by atoms with Crippen molar-refractivity contribution in [2.75, 3.05) is 0 Å². The van der Waals surface area contributed by atoms with Gasteiger partial charge in [0.1, 0.15) is 5.75 Å². The summed E-state index contributed by atoms with van der Waals surface area (Å²) < 4.78 is 17.7. The van der Waals surface area contributed by atoms with Crippen molar-refractivity contribution < 1.29 is 14.0 Å². The third-order valence-corrected chi connectivity index (χ3v) is 4.68. The number of nitrogens with zero attached hydrogens (tertiary/aromatic N) is 1. The summed E-state index contributed by atoms with van der Waals surface area (Å²) in [5, 5.41) is 0.776. The minimum Gasteiger partial charge on any atom is -0.445 e. The van der Waals surface area contributed by atoms with Crippen LogP contribution in [0, 0.1) is 0 Å². The molecule has 0 N–H and O–H groups in total. The Kier molecular flexibility index (Phi) is 3.55. The Morgan fingerprint density at radius 1 is 1.05 bits per heavy atom. The third kappa shape index (κ3) is 2.84. The normalized spacial score (nSPS) is 19.7. The summed E-state index contributed by atoms with van der Waals surface area (Å²) in [7, 11) is -0.340. The predicted molar refractivity (Wildman–Crippen MR) is 84.3 cm³/mol. The summed E-state index contributed by atoms with van der Waals surface area (Å²) in [6.45, 7) is 8.20. The van der Waals surface area contributed by atoms with Crippen molar-refractivity contribution in [1.29, 1.82) is 0 Å². The highest BCUT2D eigenvalue weighted by atomic mass is 32.1. The molecule has 4 nitrogen and oxygen atoms in total. The van der Waals surface area contributed by atoms with Crippen LogP contribution in [-0.4, -0.2) is 23.3 Å². The maximum absolute atomic E-state index is 6.02. The van der Waals surface area contributed by atoms with E-state index < -0.39 is 0 Å². The fourth-order valence-corrected chi connectivity index (χ4v) is 2.53. The Hall–Kier alpha value is -1.37. The highest BCUT2D eigenvalue weighted by molar-refractivity contribution is 7.11. The molecule has 21 heavy (non-hydrogen) atoms. The van der Waals surface area contributed by atoms with E-state index in [-0.39, 0.29) is 18.3 Å². The first-order valence-corrected chi connectivity index (χ1v) is 7.77. The lowest BCUT2D eigenvalue weighted by Crippen LogP contribution is -2.41. The summed E-state index contributed by atoms with van der Waals surface area (Å²) in [4.78, 5) is 3.98. The van der Waals surface area contributed by atoms with Crippen LogP contribution in [0.15, 0.2) is 36.0 Å². The van der Waals surface area contributed by atoms with Gasteiger partial charge in [-0.05, 0) is 45.3 Å². The van der Waals surface area contributed by atoms with Crippen molar-refractivity contribution in [2.24, 2.45) is 0 Å². The maximum Gasteiger partial charge on any atom is 0.494 e. The number of ether oxygens (including phenoxy) is 1. The summed E-state index contributed by atoms with van der Waals surface area (Å²) in [5.41, 5.74) is 2.09. The van der Waals surface area contributed by atoms with E-state index in [1.54, 1.807) is 11.7 Å². The Balaban J connectivity index is 1.73. The quantitative estimate of drug-likeness (QED) is 0.816. The van der Waals surface area contributed by atoms with Crippen molar-refractivity contribution in [3.8, 4) is 10.8 Å². The van der Waals surface area contributed by atoms with Crippen LogP contribution in [0.4, 0.5) is 0 Å². The van der Waals surface area contributed by atoms with Gasteiger partial charge in [-0.3, -0.25) is 0 Å². The molecule has 0 bridgehead atoms. The van der Waals surface area contributed by atoms with Crippen LogP contribution in [-0.2, 0) is 9.31 Å². The van der Waals surface area contributed by atoms with Crippen molar-refractivity contribution in [3.05, 3.63) is 36.0 Å². The van der Waals surface area contributed by atoms with Crippen LogP contribution in [0.2, 0.25) is 0 Å². The minimum atomic E-state index is -0.340. The summed E-state index contributed by atoms with van der Waals surface area (Å²) >= 11 is 1.46. The molecule has 0 radical (unpaired) electrons. The van der Waals surface area contributed by atoms with Gasteiger partial charge in [0.25, 0.3) is 0 Å². The zero-order chi connectivity index (χ0) is 15.1. The van der Waals surface area contributed by atoms with Gasteiger partial charge in [0.2, 0.25) is 5.06 Å². The van der Waals surface area contributed by atoms with Crippen LogP contribution < -0.4 is 10.2 Å². The second kappa shape index (κ2) is 5.12. The lowest BCUT2D eigenvalue weighted by atomic mass is 9.79. The molecule has 0 atom stereocenters. The highest BCUT2D eigenvalue weighted by Gasteiger charge is 2.51. The lowest BCUT2D eigenvalue weighted by Gasteiger charge is -2.32. The average molecular weight is 303 g/mol. The number of hydrogen-bond donors (Lipinski definition) is 0. The molecule has 1 saturated heterocycles. The van der Waals surface area contributed by atoms with Crippen LogP contribution >= 0.6 is 11.3 Å². The summed E-state index contributed by atoms with van der Waals surface area (Å²) in [6, 6.07) is 7.78. The van der Waals surface area contributed by atoms with Crippen LogP contribution in [0.3, 0.4) is 0 Å². The fraction of sp³-hybridized carbons (Fsp3) is 0.400. The van der Waals surface area contributed by atoms with Crippen LogP contribution in [0.25, 0.3) is 0 Å². The van der Waals surface area contributed by atoms with E-state index in [2.05, 4.69) is 4.98 Å². The van der Waals surface area contributed by atoms with Gasteiger partial charge in [0, 0.05) is 0 Å². The molecule has 1 aromatic heterocycles. The van der Waals surface area contributed by atoms with Gasteiger partial charge in [0.05, 0.1) is 22.9 Å². The summed E-state index contributed by atoms with van der Waals surface area (Å²) in [5.74, 6) is 0.777. The first-order chi connectivity index (χ1) is 9.87. The monoisotopic (exact) mass is 303 g/mol. The third-order valence-electron chi connectivity index (χ3n) is 4.03. The number of hydrogen-bond acceptors (Lipinski definition) is 5. The van der Waals surface area contributed by atoms with Crippen molar-refractivity contribution in [2.45, 2.75) is 38.9 Å². The van der Waals surface area contributed by atoms with E-state index in [1.807, 2.05) is 52.0 Å². The van der Waals surface area contributed by atoms with Gasteiger partial charge in [-0.2, -0.15) is 0 Å². The Morgan fingerprint density at radius 3 is 2.19 bits per heavy atom. The number of aromatic nitrogens is 1. The first-order valence-electron chi connectivity index (χ1n) is 6.89. The van der Waals surface area contributed by atoms with Crippen molar-refractivity contribution in [3.63, 3.8) is 0 Å². The minimum absolute atomic E-state index is 0.324. The standard InChI is InChI=1S/C15H18BNO3S/c1-14(2)15(3,4)20-16(19-14)11-5-7-12(8-6-11)18-13-9-17-10-21-13/h5-10H,1-4H3. The first kappa shape index (κ1) is 14.6. The molecule has 0 aliphatic carbocycles. The van der Waals surface area contributed by atoms with E-state index in [0.29, 0.717) is 0 Å². The van der Waals surface area contributed by atoms with Gasteiger partial charge in [-0.15, -0.1) is 0 Å². The van der Waals surface area contributed by atoms with Gasteiger partial charge in [-0.25, -0.2) is 4.98 Å². The smallest absolute Gasteiger partial charge is 0.445 e. The SMILES string of the molecule is CC1(C)OB(c2ccc(Oc3cncs3)cc2)OC1(C)C. The molecule has 3 rings (SSSR count). The molecule has 0 unspecified atom stereocenters. The molecule has 0 amide bonds. The Labute approximate surface area is 129 Å². The van der Waals surface area contributed by atoms with Crippen LogP contribution in [0.1, 0.15) is 27.7 Å². The van der Waals surface area contributed by atoms with E-state index in [9.17, 15) is 0 Å². The fourth-order valence-electron chi connectivity index (χ4n) is 2.04. The summed E-state index contributed by atoms with van der Waals surface area (Å²) in [6.07, 6.45) is 1.70. The van der Waals surface area contributed by atoms with Gasteiger partial charge in [-0.1, -0.05) is 23.5 Å². The lowest BCUT2D eigenvalue weighted by molar-refractivity contribution is 0.00578. The van der Waals surface area contributed by atoms with Gasteiger partial charge >= 0.3 is 7.12 Å². The molecular weight excluding hydrogens is 285 g/mol. The molecule has 1 aliphatic rings. The second-order valence-electron chi connectivity index (χ2n) is 6.08. The van der Waals surface area contributed by atoms with Gasteiger partial charge in [0.15, 0.2) is 0 Å². The number of rotatable bonds is 3. The molecule has 2 heterocycles. The largest absolute Gasteiger partial charge is 0.494 e. The Morgan fingerprint density at radius 2 is 1.67 bits per heavy atom. The number of thiazole rings is 1. The van der Waals surface area contributed by atoms with E-state index in [4.69, 9.17) is 14.0 Å². The molecule has 1 fully saturated rings. The van der Waals surface area contributed by atoms with Crippen molar-refractivity contribution >= 4 is 23.9 Å². The molecule has 0 spiro atoms. The molecule has 2 aromatic rings. The zero-order valence-corrected chi connectivity index (χ0v) is 13.4. The highest BCUT2D eigenvalue weighted by Crippen LogP contribution is 2.36. The number of benzene rings is 1. The molecule has 1 aromatic carbocycles. The molecular formula is C15H18BNO3S. The van der Waals surface area contributed by atoms with Crippen LogP contribution in [0.5, 0.6) is 10.8 Å². The predicted octanol–water partition coefficient (Wildman–Crippen LogP) is 3.23. The molecule has 0 saturated carbocycles. The topological polar surface area (TPSA) is 40.6 Å². The molecule has 1 aliphatic heterocycles. The second-order valence-corrected chi connectivity index (χ2v) is 6.93. The Bertz CT molecular complexity index is 594. The average Bonchev–Trinajstić information content (AvgIpc) is 2.97.